The zero-order chi connectivity index (χ0) is 12.4. The van der Waals surface area contributed by atoms with Crippen molar-refractivity contribution in [2.24, 2.45) is 0 Å². The third kappa shape index (κ3) is 2.13. The molecule has 1 aliphatic heterocycles. The van der Waals surface area contributed by atoms with Crippen molar-refractivity contribution < 1.29 is 19.8 Å². The molecule has 1 amide bonds. The molecule has 0 saturated heterocycles. The topological polar surface area (TPSA) is 77.8 Å². The lowest BCUT2D eigenvalue weighted by Gasteiger charge is -2.14. The van der Waals surface area contributed by atoms with Crippen LogP contribution in [-0.4, -0.2) is 28.6 Å². The number of hydrogen-bond acceptors (Lipinski definition) is 3. The van der Waals surface area contributed by atoms with E-state index < -0.39 is 17.6 Å². The number of carboxylic acid groups (broad SMARTS) is 1. The second-order valence-corrected chi connectivity index (χ2v) is 3.70. The van der Waals surface area contributed by atoms with Crippen LogP contribution in [0, 0.1) is 0 Å². The summed E-state index contributed by atoms with van der Waals surface area (Å²) in [6, 6.07) is 7.41. The number of hydrogen-bond donors (Lipinski definition) is 2. The maximum absolute atomic E-state index is 11.7. The zero-order valence-electron chi connectivity index (χ0n) is 8.96. The smallest absolute Gasteiger partial charge is 0.371 e. The molecule has 2 N–H and O–H groups in total. The van der Waals surface area contributed by atoms with Crippen molar-refractivity contribution in [3.05, 3.63) is 41.7 Å². The molecule has 0 aliphatic carbocycles. The van der Waals surface area contributed by atoms with Crippen LogP contribution in [0.2, 0.25) is 0 Å². The first-order valence-electron chi connectivity index (χ1n) is 5.13. The lowest BCUT2D eigenvalue weighted by molar-refractivity contribution is -0.135. The largest absolute Gasteiger partial charge is 0.502 e. The Morgan fingerprint density at radius 2 is 1.94 bits per heavy atom. The number of carbonyl (C=O) groups excluding carboxylic acids is 1. The quantitative estimate of drug-likeness (QED) is 0.592. The predicted molar refractivity (Wildman–Crippen MR) is 60.8 cm³/mol. The van der Waals surface area contributed by atoms with E-state index in [1.54, 1.807) is 6.07 Å². The van der Waals surface area contributed by atoms with Gasteiger partial charge in [-0.25, -0.2) is 4.79 Å². The lowest BCUT2D eigenvalue weighted by Crippen LogP contribution is -2.27. The number of aliphatic carboxylic acids is 1. The average molecular weight is 233 g/mol. The normalized spacial score (nSPS) is 14.6. The number of nitrogens with zero attached hydrogens (tertiary/aromatic N) is 1. The summed E-state index contributed by atoms with van der Waals surface area (Å²) < 4.78 is 0. The van der Waals surface area contributed by atoms with E-state index in [0.717, 1.165) is 23.7 Å². The molecule has 0 saturated carbocycles. The van der Waals surface area contributed by atoms with Crippen molar-refractivity contribution in [2.75, 3.05) is 11.4 Å². The summed E-state index contributed by atoms with van der Waals surface area (Å²) in [5, 5.41) is 17.5. The Morgan fingerprint density at radius 1 is 1.24 bits per heavy atom. The van der Waals surface area contributed by atoms with Gasteiger partial charge in [0.05, 0.1) is 6.08 Å². The van der Waals surface area contributed by atoms with Crippen LogP contribution in [0.25, 0.3) is 0 Å². The van der Waals surface area contributed by atoms with Crippen LogP contribution in [0.3, 0.4) is 0 Å². The molecular formula is C12H11NO4. The first-order chi connectivity index (χ1) is 8.09. The Balaban J connectivity index is 2.24. The number of carboxylic acids is 1. The number of amides is 1. The molecule has 1 aromatic rings. The highest BCUT2D eigenvalue weighted by Gasteiger charge is 2.23. The van der Waals surface area contributed by atoms with Gasteiger partial charge in [-0.2, -0.15) is 0 Å². The average Bonchev–Trinajstić information content (AvgIpc) is 2.72. The monoisotopic (exact) mass is 233 g/mol. The van der Waals surface area contributed by atoms with Crippen LogP contribution in [0.1, 0.15) is 5.56 Å². The second-order valence-electron chi connectivity index (χ2n) is 3.70. The molecule has 0 radical (unpaired) electrons. The molecule has 88 valence electrons. The van der Waals surface area contributed by atoms with E-state index in [1.807, 2.05) is 18.2 Å². The Bertz CT molecular complexity index is 507. The van der Waals surface area contributed by atoms with Gasteiger partial charge in [0, 0.05) is 12.2 Å². The Kier molecular flexibility index (Phi) is 2.82. The van der Waals surface area contributed by atoms with Crippen LogP contribution in [-0.2, 0) is 16.0 Å². The molecule has 0 aromatic heterocycles. The summed E-state index contributed by atoms with van der Waals surface area (Å²) in [7, 11) is 0. The first-order valence-corrected chi connectivity index (χ1v) is 5.13. The number of anilines is 1. The number of aliphatic hydroxyl groups excluding tert-OH is 1. The minimum absolute atomic E-state index is 0.502. The number of carbonyl (C=O) groups is 2. The van der Waals surface area contributed by atoms with Crippen LogP contribution >= 0.6 is 0 Å². The summed E-state index contributed by atoms with van der Waals surface area (Å²) in [4.78, 5) is 23.6. The first kappa shape index (κ1) is 11.2. The van der Waals surface area contributed by atoms with Crippen LogP contribution in [0.15, 0.2) is 36.1 Å². The molecule has 5 heteroatoms. The van der Waals surface area contributed by atoms with Gasteiger partial charge < -0.3 is 15.1 Å². The minimum atomic E-state index is -1.51. The Labute approximate surface area is 97.6 Å². The molecule has 1 heterocycles. The maximum atomic E-state index is 11.7. The number of para-hydroxylation sites is 1. The zero-order valence-corrected chi connectivity index (χ0v) is 8.96. The summed E-state index contributed by atoms with van der Waals surface area (Å²) in [6.07, 6.45) is 1.47. The number of fused-ring (bicyclic) bond motifs is 1. The summed E-state index contributed by atoms with van der Waals surface area (Å²) >= 11 is 0. The number of rotatable bonds is 2. The fraction of sp³-hybridized carbons (Fsp3) is 0.167. The van der Waals surface area contributed by atoms with Crippen molar-refractivity contribution in [3.63, 3.8) is 0 Å². The van der Waals surface area contributed by atoms with E-state index in [-0.39, 0.29) is 0 Å². The molecule has 1 aromatic carbocycles. The summed E-state index contributed by atoms with van der Waals surface area (Å²) in [5.41, 5.74) is 1.82. The van der Waals surface area contributed by atoms with E-state index in [1.165, 1.54) is 4.90 Å². The van der Waals surface area contributed by atoms with Gasteiger partial charge in [-0.05, 0) is 18.1 Å². The fourth-order valence-electron chi connectivity index (χ4n) is 1.82. The molecule has 5 nitrogen and oxygen atoms in total. The highest BCUT2D eigenvalue weighted by atomic mass is 16.4. The maximum Gasteiger partial charge on any atom is 0.371 e. The predicted octanol–water partition coefficient (Wildman–Crippen LogP) is 1.10. The van der Waals surface area contributed by atoms with Gasteiger partial charge in [0.1, 0.15) is 0 Å². The molecule has 0 atom stereocenters. The summed E-state index contributed by atoms with van der Waals surface area (Å²) in [6.45, 7) is 0.502. The molecule has 0 bridgehead atoms. The molecule has 1 aliphatic rings. The van der Waals surface area contributed by atoms with E-state index in [9.17, 15) is 9.59 Å². The van der Waals surface area contributed by atoms with Gasteiger partial charge in [-0.3, -0.25) is 4.79 Å². The molecule has 0 spiro atoms. The van der Waals surface area contributed by atoms with Crippen LogP contribution in [0.5, 0.6) is 0 Å². The lowest BCUT2D eigenvalue weighted by atomic mass is 10.2. The highest BCUT2D eigenvalue weighted by Crippen LogP contribution is 2.27. The van der Waals surface area contributed by atoms with Crippen molar-refractivity contribution in [1.82, 2.24) is 0 Å². The van der Waals surface area contributed by atoms with Gasteiger partial charge >= 0.3 is 5.97 Å². The van der Waals surface area contributed by atoms with E-state index >= 15 is 0 Å². The van der Waals surface area contributed by atoms with E-state index in [0.29, 0.717) is 6.54 Å². The van der Waals surface area contributed by atoms with Crippen LogP contribution in [0.4, 0.5) is 5.69 Å². The molecular weight excluding hydrogens is 222 g/mol. The molecule has 0 fully saturated rings. The van der Waals surface area contributed by atoms with Gasteiger partial charge in [-0.15, -0.1) is 0 Å². The fourth-order valence-corrected chi connectivity index (χ4v) is 1.82. The third-order valence-electron chi connectivity index (χ3n) is 2.63. The van der Waals surface area contributed by atoms with Gasteiger partial charge in [-0.1, -0.05) is 18.2 Å². The standard InChI is InChI=1S/C12H11NO4/c14-10(12(16)17)7-11(15)13-6-5-8-3-1-2-4-9(8)13/h1-4,7,14H,5-6H2,(H,16,17)/b10-7-. The Hall–Kier alpha value is -2.30. The van der Waals surface area contributed by atoms with Gasteiger partial charge in [0.2, 0.25) is 5.76 Å². The Morgan fingerprint density at radius 3 is 2.65 bits per heavy atom. The summed E-state index contributed by atoms with van der Waals surface area (Å²) in [5.74, 6) is -2.97. The van der Waals surface area contributed by atoms with Crippen LogP contribution < -0.4 is 4.90 Å². The molecule has 0 unspecified atom stereocenters. The van der Waals surface area contributed by atoms with Crippen molar-refractivity contribution in [2.45, 2.75) is 6.42 Å². The van der Waals surface area contributed by atoms with E-state index in [4.69, 9.17) is 10.2 Å². The van der Waals surface area contributed by atoms with Gasteiger partial charge in [0.15, 0.2) is 0 Å². The minimum Gasteiger partial charge on any atom is -0.502 e. The van der Waals surface area contributed by atoms with E-state index in [2.05, 4.69) is 0 Å². The van der Waals surface area contributed by atoms with Gasteiger partial charge in [0.25, 0.3) is 5.91 Å². The van der Waals surface area contributed by atoms with Crippen molar-refractivity contribution in [3.8, 4) is 0 Å². The number of benzene rings is 1. The molecule has 2 rings (SSSR count). The second kappa shape index (κ2) is 4.29. The molecule has 17 heavy (non-hydrogen) atoms. The van der Waals surface area contributed by atoms with Crippen molar-refractivity contribution in [1.29, 1.82) is 0 Å². The van der Waals surface area contributed by atoms with Crippen molar-refractivity contribution >= 4 is 17.6 Å². The number of aliphatic hydroxyl groups is 1. The highest BCUT2D eigenvalue weighted by molar-refractivity contribution is 6.06. The third-order valence-corrected chi connectivity index (χ3v) is 2.63. The SMILES string of the molecule is O=C(O)/C(O)=C/C(=O)N1CCc2ccccc21.